The van der Waals surface area contributed by atoms with Gasteiger partial charge in [-0.2, -0.15) is 0 Å². The van der Waals surface area contributed by atoms with E-state index in [2.05, 4.69) is 0 Å². The van der Waals surface area contributed by atoms with Crippen molar-refractivity contribution in [2.75, 3.05) is 6.61 Å². The minimum absolute atomic E-state index is 0.0109. The first-order valence-electron chi connectivity index (χ1n) is 9.39. The zero-order chi connectivity index (χ0) is 20.6. The minimum atomic E-state index is -1.26. The summed E-state index contributed by atoms with van der Waals surface area (Å²) >= 11 is 0. The monoisotopic (exact) mass is 388 g/mol. The lowest BCUT2D eigenvalue weighted by molar-refractivity contribution is -0.307. The Morgan fingerprint density at radius 3 is 2.62 bits per heavy atom. The summed E-state index contributed by atoms with van der Waals surface area (Å²) in [6.45, 7) is 2.20. The molecule has 0 aliphatic heterocycles. The fraction of sp³-hybridized carbons (Fsp3) is 0.167. The Kier molecular flexibility index (Phi) is 6.63. The number of hydrogen-bond acceptors (Lipinski definition) is 4. The molecule has 2 aromatic carbocycles. The number of ketones is 1. The van der Waals surface area contributed by atoms with Gasteiger partial charge in [-0.1, -0.05) is 54.1 Å². The van der Waals surface area contributed by atoms with E-state index in [-0.39, 0.29) is 5.78 Å². The standard InChI is InChI=1S/C24H23NO4/c1-18-10-12-20(13-11-18)24(28)22-9-5-15-25(22)14-3-2-6-19-7-4-8-21(16-19)29-17-23(26)27/h2,4-13,15-16H,3,14,17H2,1H3,(H,26,27)/p-1/b6-2+. The van der Waals surface area contributed by atoms with Gasteiger partial charge in [-0.3, -0.25) is 4.79 Å². The van der Waals surface area contributed by atoms with Crippen molar-refractivity contribution in [2.45, 2.75) is 19.9 Å². The van der Waals surface area contributed by atoms with Gasteiger partial charge >= 0.3 is 0 Å². The molecule has 5 heteroatoms. The average Bonchev–Trinajstić information content (AvgIpc) is 3.18. The third-order valence-electron chi connectivity index (χ3n) is 4.44. The molecule has 0 spiro atoms. The number of allylic oxidation sites excluding steroid dienone is 1. The van der Waals surface area contributed by atoms with Crippen LogP contribution in [0.25, 0.3) is 6.08 Å². The average molecular weight is 388 g/mol. The van der Waals surface area contributed by atoms with Crippen molar-refractivity contribution in [3.05, 3.63) is 95.3 Å². The highest BCUT2D eigenvalue weighted by atomic mass is 16.5. The van der Waals surface area contributed by atoms with E-state index < -0.39 is 12.6 Å². The van der Waals surface area contributed by atoms with E-state index in [1.54, 1.807) is 18.2 Å². The zero-order valence-electron chi connectivity index (χ0n) is 16.2. The molecule has 29 heavy (non-hydrogen) atoms. The highest BCUT2D eigenvalue weighted by Gasteiger charge is 2.12. The molecule has 0 atom stereocenters. The second-order valence-electron chi connectivity index (χ2n) is 6.71. The van der Waals surface area contributed by atoms with Gasteiger partial charge in [-0.25, -0.2) is 0 Å². The summed E-state index contributed by atoms with van der Waals surface area (Å²) < 4.78 is 7.08. The molecule has 5 nitrogen and oxygen atoms in total. The Hall–Kier alpha value is -3.60. The Morgan fingerprint density at radius 1 is 1.07 bits per heavy atom. The van der Waals surface area contributed by atoms with Crippen LogP contribution in [0, 0.1) is 6.92 Å². The molecular weight excluding hydrogens is 366 g/mol. The third-order valence-corrected chi connectivity index (χ3v) is 4.44. The smallest absolute Gasteiger partial charge is 0.209 e. The van der Waals surface area contributed by atoms with E-state index in [0.29, 0.717) is 23.6 Å². The van der Waals surface area contributed by atoms with Crippen molar-refractivity contribution in [3.63, 3.8) is 0 Å². The SMILES string of the molecule is Cc1ccc(C(=O)c2cccn2CC/C=C/c2cccc(OCC(=O)[O-])c2)cc1. The topological polar surface area (TPSA) is 71.4 Å². The van der Waals surface area contributed by atoms with Crippen molar-refractivity contribution in [1.29, 1.82) is 0 Å². The molecule has 3 rings (SSSR count). The number of benzene rings is 2. The van der Waals surface area contributed by atoms with Gasteiger partial charge < -0.3 is 19.2 Å². The van der Waals surface area contributed by atoms with Crippen LogP contribution in [0.1, 0.15) is 33.6 Å². The lowest BCUT2D eigenvalue weighted by Crippen LogP contribution is -2.28. The molecule has 3 aromatic rings. The molecule has 0 aliphatic carbocycles. The first-order valence-corrected chi connectivity index (χ1v) is 9.39. The summed E-state index contributed by atoms with van der Waals surface area (Å²) in [5.41, 5.74) is 3.37. The number of aryl methyl sites for hydroxylation is 2. The minimum Gasteiger partial charge on any atom is -0.546 e. The molecule has 0 fully saturated rings. The number of carboxylic acid groups (broad SMARTS) is 1. The van der Waals surface area contributed by atoms with Crippen molar-refractivity contribution in [2.24, 2.45) is 0 Å². The quantitative estimate of drug-likeness (QED) is 0.528. The van der Waals surface area contributed by atoms with Crippen molar-refractivity contribution in [1.82, 2.24) is 4.57 Å². The van der Waals surface area contributed by atoms with Crippen molar-refractivity contribution < 1.29 is 19.4 Å². The summed E-state index contributed by atoms with van der Waals surface area (Å²) in [6.07, 6.45) is 6.60. The number of nitrogens with zero attached hydrogens (tertiary/aromatic N) is 1. The predicted molar refractivity (Wildman–Crippen MR) is 110 cm³/mol. The van der Waals surface area contributed by atoms with E-state index in [9.17, 15) is 14.7 Å². The molecule has 1 aromatic heterocycles. The normalized spacial score (nSPS) is 10.9. The second kappa shape index (κ2) is 9.55. The van der Waals surface area contributed by atoms with Crippen molar-refractivity contribution in [3.8, 4) is 5.75 Å². The molecular formula is C24H22NO4-. The van der Waals surface area contributed by atoms with E-state index in [0.717, 1.165) is 17.5 Å². The molecule has 0 saturated heterocycles. The summed E-state index contributed by atoms with van der Waals surface area (Å²) in [5, 5.41) is 10.5. The number of ether oxygens (including phenoxy) is 1. The van der Waals surface area contributed by atoms with Crippen LogP contribution in [0.4, 0.5) is 0 Å². The van der Waals surface area contributed by atoms with Crippen LogP contribution in [0.5, 0.6) is 5.75 Å². The third kappa shape index (κ3) is 5.69. The molecule has 0 amide bonds. The Bertz CT molecular complexity index is 1020. The van der Waals surface area contributed by atoms with Crippen LogP contribution in [-0.2, 0) is 11.3 Å². The number of aliphatic carboxylic acids is 1. The van der Waals surface area contributed by atoms with Gasteiger partial charge in [0.15, 0.2) is 0 Å². The van der Waals surface area contributed by atoms with Crippen LogP contribution >= 0.6 is 0 Å². The predicted octanol–water partition coefficient (Wildman–Crippen LogP) is 3.26. The number of carbonyl (C=O) groups excluding carboxylic acids is 2. The van der Waals surface area contributed by atoms with Gasteiger partial charge in [-0.05, 0) is 43.2 Å². The van der Waals surface area contributed by atoms with Crippen LogP contribution in [0.15, 0.2) is 72.9 Å². The van der Waals surface area contributed by atoms with Crippen LogP contribution < -0.4 is 9.84 Å². The molecule has 0 radical (unpaired) electrons. The van der Waals surface area contributed by atoms with E-state index in [1.807, 2.05) is 72.3 Å². The summed E-state index contributed by atoms with van der Waals surface area (Å²) in [5.74, 6) is -0.766. The Balaban J connectivity index is 1.60. The lowest BCUT2D eigenvalue weighted by Gasteiger charge is -2.08. The highest BCUT2D eigenvalue weighted by Crippen LogP contribution is 2.16. The van der Waals surface area contributed by atoms with E-state index >= 15 is 0 Å². The number of carbonyl (C=O) groups is 2. The number of rotatable bonds is 9. The largest absolute Gasteiger partial charge is 0.546 e. The Morgan fingerprint density at radius 2 is 1.86 bits per heavy atom. The van der Waals surface area contributed by atoms with Crippen LogP contribution in [0.2, 0.25) is 0 Å². The maximum Gasteiger partial charge on any atom is 0.209 e. The van der Waals surface area contributed by atoms with Gasteiger partial charge in [0.25, 0.3) is 0 Å². The molecule has 1 heterocycles. The number of hydrogen-bond donors (Lipinski definition) is 0. The number of carboxylic acids is 1. The van der Waals surface area contributed by atoms with E-state index in [4.69, 9.17) is 4.74 Å². The van der Waals surface area contributed by atoms with Gasteiger partial charge in [0.2, 0.25) is 5.78 Å². The van der Waals surface area contributed by atoms with Gasteiger partial charge in [-0.15, -0.1) is 0 Å². The summed E-state index contributed by atoms with van der Waals surface area (Å²) in [4.78, 5) is 23.2. The van der Waals surface area contributed by atoms with Crippen LogP contribution in [-0.4, -0.2) is 22.9 Å². The van der Waals surface area contributed by atoms with Gasteiger partial charge in [0.05, 0.1) is 11.7 Å². The van der Waals surface area contributed by atoms with Gasteiger partial charge in [0.1, 0.15) is 12.4 Å². The fourth-order valence-corrected chi connectivity index (χ4v) is 2.95. The molecule has 0 unspecified atom stereocenters. The lowest BCUT2D eigenvalue weighted by atomic mass is 10.1. The first-order chi connectivity index (χ1) is 14.0. The Labute approximate surface area is 169 Å². The fourth-order valence-electron chi connectivity index (χ4n) is 2.95. The molecule has 148 valence electrons. The summed E-state index contributed by atoms with van der Waals surface area (Å²) in [6, 6.07) is 18.5. The zero-order valence-corrected chi connectivity index (χ0v) is 16.2. The van der Waals surface area contributed by atoms with Crippen LogP contribution in [0.3, 0.4) is 0 Å². The maximum absolute atomic E-state index is 12.7. The number of aromatic nitrogens is 1. The first kappa shape index (κ1) is 20.1. The molecule has 0 bridgehead atoms. The highest BCUT2D eigenvalue weighted by molar-refractivity contribution is 6.08. The second-order valence-corrected chi connectivity index (χ2v) is 6.71. The molecule has 0 saturated carbocycles. The maximum atomic E-state index is 12.7. The van der Waals surface area contributed by atoms with Crippen molar-refractivity contribution >= 4 is 17.8 Å². The van der Waals surface area contributed by atoms with E-state index in [1.165, 1.54) is 0 Å². The molecule has 0 aliphatic rings. The molecule has 0 N–H and O–H groups in total. The van der Waals surface area contributed by atoms with Gasteiger partial charge in [0, 0.05) is 18.3 Å². The summed E-state index contributed by atoms with van der Waals surface area (Å²) in [7, 11) is 0.